The SMILES string of the molecule is CCOC(=O)C(OCC1CC(n2nnc3c(NC4CCCC4)nc(Cl)nc32)C(O)C1O)P(=O)(O)O. The molecule has 16 heteroatoms. The number of ether oxygens (including phenoxy) is 2. The van der Waals surface area contributed by atoms with Crippen molar-refractivity contribution < 1.29 is 38.8 Å². The molecule has 2 saturated carbocycles. The van der Waals surface area contributed by atoms with Crippen LogP contribution in [0.2, 0.25) is 5.28 Å². The lowest BCUT2D eigenvalue weighted by molar-refractivity contribution is -0.153. The third kappa shape index (κ3) is 5.58. The Balaban J connectivity index is 1.53. The van der Waals surface area contributed by atoms with E-state index in [1.54, 1.807) is 0 Å². The average molecular weight is 535 g/mol. The molecule has 35 heavy (non-hydrogen) atoms. The zero-order valence-electron chi connectivity index (χ0n) is 18.9. The van der Waals surface area contributed by atoms with Gasteiger partial charge in [-0.2, -0.15) is 9.97 Å². The molecule has 5 N–H and O–H groups in total. The number of aliphatic hydroxyl groups is 2. The maximum absolute atomic E-state index is 11.9. The highest BCUT2D eigenvalue weighted by atomic mass is 35.5. The fraction of sp³-hybridized carbons (Fsp3) is 0.737. The van der Waals surface area contributed by atoms with Gasteiger partial charge in [-0.05, 0) is 37.8 Å². The first-order chi connectivity index (χ1) is 16.6. The third-order valence-electron chi connectivity index (χ3n) is 6.34. The lowest BCUT2D eigenvalue weighted by atomic mass is 10.1. The summed E-state index contributed by atoms with van der Waals surface area (Å²) >= 11 is 6.14. The summed E-state index contributed by atoms with van der Waals surface area (Å²) in [4.78, 5) is 39.3. The normalized spacial score (nSPS) is 26.3. The molecule has 2 fully saturated rings. The standard InChI is InChI=1S/C19H28ClN6O8P/c1-2-33-17(29)18(35(30,31)32)34-8-9-7-11(14(28)13(9)27)26-16-12(24-25-26)15(22-19(20)23-16)21-10-5-3-4-6-10/h9-11,13-14,18,27-28H,2-8H2,1H3,(H,21,22,23)(H2,30,31,32). The van der Waals surface area contributed by atoms with Gasteiger partial charge in [0.05, 0.1) is 25.4 Å². The number of hydrogen-bond acceptors (Lipinski definition) is 11. The molecule has 194 valence electrons. The molecule has 2 aliphatic rings. The van der Waals surface area contributed by atoms with E-state index in [0.29, 0.717) is 11.3 Å². The zero-order chi connectivity index (χ0) is 25.3. The highest BCUT2D eigenvalue weighted by molar-refractivity contribution is 7.53. The molecule has 2 aromatic rings. The van der Waals surface area contributed by atoms with Crippen LogP contribution in [0.25, 0.3) is 11.2 Å². The predicted octanol–water partition coefficient (Wildman–Crippen LogP) is 0.595. The average Bonchev–Trinajstić information content (AvgIpc) is 3.49. The predicted molar refractivity (Wildman–Crippen MR) is 122 cm³/mol. The highest BCUT2D eigenvalue weighted by Crippen LogP contribution is 2.44. The second-order valence-electron chi connectivity index (χ2n) is 8.74. The molecule has 4 rings (SSSR count). The van der Waals surface area contributed by atoms with E-state index in [4.69, 9.17) is 16.3 Å². The van der Waals surface area contributed by atoms with Crippen molar-refractivity contribution >= 4 is 42.1 Å². The van der Waals surface area contributed by atoms with E-state index in [0.717, 1.165) is 25.7 Å². The number of nitrogens with one attached hydrogen (secondary N) is 1. The molecule has 0 aliphatic heterocycles. The third-order valence-corrected chi connectivity index (χ3v) is 7.48. The van der Waals surface area contributed by atoms with E-state index >= 15 is 0 Å². The molecule has 0 saturated heterocycles. The van der Waals surface area contributed by atoms with Gasteiger partial charge in [0.25, 0.3) is 5.85 Å². The lowest BCUT2D eigenvalue weighted by Gasteiger charge is -2.21. The number of hydrogen-bond donors (Lipinski definition) is 5. The van der Waals surface area contributed by atoms with Crippen molar-refractivity contribution in [3.05, 3.63) is 5.28 Å². The summed E-state index contributed by atoms with van der Waals surface area (Å²) in [7, 11) is -4.98. The molecule has 0 aromatic carbocycles. The molecule has 14 nitrogen and oxygen atoms in total. The minimum Gasteiger partial charge on any atom is -0.464 e. The summed E-state index contributed by atoms with van der Waals surface area (Å²) in [5.41, 5.74) is 0.634. The van der Waals surface area contributed by atoms with Gasteiger partial charge in [0.15, 0.2) is 17.0 Å². The lowest BCUT2D eigenvalue weighted by Crippen LogP contribution is -2.33. The fourth-order valence-corrected chi connectivity index (χ4v) is 5.42. The smallest absolute Gasteiger partial charge is 0.365 e. The second kappa shape index (κ2) is 10.6. The van der Waals surface area contributed by atoms with Crippen molar-refractivity contribution in [2.24, 2.45) is 5.92 Å². The van der Waals surface area contributed by atoms with Gasteiger partial charge in [-0.25, -0.2) is 9.48 Å². The fourth-order valence-electron chi connectivity index (χ4n) is 4.63. The molecule has 2 aliphatic carbocycles. The summed E-state index contributed by atoms with van der Waals surface area (Å²) < 4.78 is 22.9. The molecule has 2 aromatic heterocycles. The van der Waals surface area contributed by atoms with Crippen LogP contribution in [0.5, 0.6) is 0 Å². The Morgan fingerprint density at radius 1 is 1.26 bits per heavy atom. The van der Waals surface area contributed by atoms with E-state index in [9.17, 15) is 29.4 Å². The van der Waals surface area contributed by atoms with Gasteiger partial charge in [0, 0.05) is 12.0 Å². The largest absolute Gasteiger partial charge is 0.464 e. The van der Waals surface area contributed by atoms with Gasteiger partial charge in [-0.1, -0.05) is 18.1 Å². The molecule has 0 radical (unpaired) electrons. The number of halogens is 1. The molecule has 2 heterocycles. The zero-order valence-corrected chi connectivity index (χ0v) is 20.5. The number of nitrogens with zero attached hydrogens (tertiary/aromatic N) is 5. The Kier molecular flexibility index (Phi) is 7.91. The summed E-state index contributed by atoms with van der Waals surface area (Å²) in [6.07, 6.45) is 1.67. The van der Waals surface area contributed by atoms with Crippen molar-refractivity contribution in [3.8, 4) is 0 Å². The number of aliphatic hydroxyl groups excluding tert-OH is 2. The van der Waals surface area contributed by atoms with Gasteiger partial charge >= 0.3 is 13.6 Å². The minimum absolute atomic E-state index is 0.0339. The van der Waals surface area contributed by atoms with Gasteiger partial charge in [-0.3, -0.25) is 4.57 Å². The maximum atomic E-state index is 11.9. The van der Waals surface area contributed by atoms with Gasteiger partial charge in [0.2, 0.25) is 5.28 Å². The molecular formula is C19H28ClN6O8P. The van der Waals surface area contributed by atoms with E-state index < -0.39 is 50.2 Å². The summed E-state index contributed by atoms with van der Waals surface area (Å²) in [6.45, 7) is 0.982. The molecule has 5 unspecified atom stereocenters. The first-order valence-electron chi connectivity index (χ1n) is 11.3. The van der Waals surface area contributed by atoms with Crippen LogP contribution in [0.1, 0.15) is 45.1 Å². The van der Waals surface area contributed by atoms with Crippen molar-refractivity contribution in [2.75, 3.05) is 18.5 Å². The van der Waals surface area contributed by atoms with Crippen LogP contribution in [-0.2, 0) is 18.8 Å². The summed E-state index contributed by atoms with van der Waals surface area (Å²) in [6, 6.07) is -0.555. The molecule has 5 atom stereocenters. The van der Waals surface area contributed by atoms with Crippen molar-refractivity contribution in [2.45, 2.75) is 69.2 Å². The Morgan fingerprint density at radius 2 is 1.97 bits per heavy atom. The second-order valence-corrected chi connectivity index (χ2v) is 10.7. The first-order valence-corrected chi connectivity index (χ1v) is 13.4. The van der Waals surface area contributed by atoms with Crippen LogP contribution >= 0.6 is 19.2 Å². The van der Waals surface area contributed by atoms with Crippen LogP contribution in [0.15, 0.2) is 0 Å². The molecule has 0 spiro atoms. The summed E-state index contributed by atoms with van der Waals surface area (Å²) in [5.74, 6) is -3.67. The van der Waals surface area contributed by atoms with E-state index in [1.807, 2.05) is 0 Å². The van der Waals surface area contributed by atoms with Crippen molar-refractivity contribution in [3.63, 3.8) is 0 Å². The van der Waals surface area contributed by atoms with Crippen molar-refractivity contribution in [1.29, 1.82) is 0 Å². The topological polar surface area (TPSA) is 202 Å². The van der Waals surface area contributed by atoms with E-state index in [-0.39, 0.29) is 30.0 Å². The van der Waals surface area contributed by atoms with Crippen LogP contribution < -0.4 is 5.32 Å². The van der Waals surface area contributed by atoms with Gasteiger partial charge in [0.1, 0.15) is 6.10 Å². The van der Waals surface area contributed by atoms with E-state index in [1.165, 1.54) is 11.6 Å². The number of anilines is 1. The summed E-state index contributed by atoms with van der Waals surface area (Å²) in [5, 5.41) is 32.9. The quantitative estimate of drug-likeness (QED) is 0.170. The highest BCUT2D eigenvalue weighted by Gasteiger charge is 2.46. The van der Waals surface area contributed by atoms with Crippen LogP contribution in [-0.4, -0.2) is 88.2 Å². The van der Waals surface area contributed by atoms with Crippen LogP contribution in [0.4, 0.5) is 5.82 Å². The Hall–Kier alpha value is -1.93. The van der Waals surface area contributed by atoms with Crippen LogP contribution in [0, 0.1) is 5.92 Å². The number of fused-ring (bicyclic) bond motifs is 1. The van der Waals surface area contributed by atoms with Crippen LogP contribution in [0.3, 0.4) is 0 Å². The monoisotopic (exact) mass is 534 g/mol. The Morgan fingerprint density at radius 3 is 2.63 bits per heavy atom. The number of carbonyl (C=O) groups is 1. The number of esters is 1. The van der Waals surface area contributed by atoms with E-state index in [2.05, 4.69) is 30.3 Å². The number of rotatable bonds is 9. The first kappa shape index (κ1) is 26.1. The number of aromatic nitrogens is 5. The Labute approximate surface area is 205 Å². The molecule has 0 amide bonds. The molecule has 0 bridgehead atoms. The van der Waals surface area contributed by atoms with Gasteiger partial charge in [-0.15, -0.1) is 5.10 Å². The van der Waals surface area contributed by atoms with Crippen molar-refractivity contribution in [1.82, 2.24) is 25.0 Å². The molecular weight excluding hydrogens is 507 g/mol. The minimum atomic E-state index is -4.98. The van der Waals surface area contributed by atoms with Gasteiger partial charge < -0.3 is 34.8 Å². The Bertz CT molecular complexity index is 1110. The number of carbonyl (C=O) groups excluding carboxylic acids is 1. The maximum Gasteiger partial charge on any atom is 0.365 e.